The zero-order valence-corrected chi connectivity index (χ0v) is 11.6. The summed E-state index contributed by atoms with van der Waals surface area (Å²) in [5, 5.41) is 0. The first-order valence-electron chi connectivity index (χ1n) is 5.74. The first kappa shape index (κ1) is 15.2. The molecular weight excluding hydrogens is 305 g/mol. The van der Waals surface area contributed by atoms with Gasteiger partial charge in [-0.2, -0.15) is 0 Å². The molecule has 112 valence electrons. The van der Waals surface area contributed by atoms with Gasteiger partial charge in [-0.25, -0.2) is 21.6 Å². The van der Waals surface area contributed by atoms with Crippen LogP contribution in [0.4, 0.5) is 24.5 Å². The summed E-state index contributed by atoms with van der Waals surface area (Å²) in [5.41, 5.74) is 4.78. The Hall–Kier alpha value is -2.22. The summed E-state index contributed by atoms with van der Waals surface area (Å²) in [6, 6.07) is 4.48. The highest BCUT2D eigenvalue weighted by Gasteiger charge is 2.21. The van der Waals surface area contributed by atoms with Gasteiger partial charge in [0.2, 0.25) is 0 Å². The molecule has 0 aliphatic rings. The highest BCUT2D eigenvalue weighted by atomic mass is 32.2. The van der Waals surface area contributed by atoms with Crippen LogP contribution in [0.2, 0.25) is 0 Å². The van der Waals surface area contributed by atoms with Gasteiger partial charge >= 0.3 is 0 Å². The number of anilines is 2. The van der Waals surface area contributed by atoms with Gasteiger partial charge in [-0.15, -0.1) is 0 Å². The minimum absolute atomic E-state index is 0.0223. The zero-order valence-electron chi connectivity index (χ0n) is 10.8. The van der Waals surface area contributed by atoms with Crippen molar-refractivity contribution in [3.63, 3.8) is 0 Å². The summed E-state index contributed by atoms with van der Waals surface area (Å²) < 4.78 is 66.4. The van der Waals surface area contributed by atoms with Crippen LogP contribution in [0.3, 0.4) is 0 Å². The number of aryl methyl sites for hydroxylation is 1. The van der Waals surface area contributed by atoms with Crippen molar-refractivity contribution in [3.05, 3.63) is 53.3 Å². The number of rotatable bonds is 3. The molecule has 21 heavy (non-hydrogen) atoms. The third-order valence-corrected chi connectivity index (χ3v) is 4.14. The molecular formula is C13H11F3N2O2S. The molecule has 0 heterocycles. The van der Waals surface area contributed by atoms with Crippen molar-refractivity contribution in [2.24, 2.45) is 0 Å². The van der Waals surface area contributed by atoms with Crippen LogP contribution in [0.15, 0.2) is 35.2 Å². The van der Waals surface area contributed by atoms with Crippen molar-refractivity contribution >= 4 is 21.4 Å². The molecule has 0 atom stereocenters. The Morgan fingerprint density at radius 3 is 2.29 bits per heavy atom. The Balaban J connectivity index is 2.45. The Labute approximate surface area is 119 Å². The van der Waals surface area contributed by atoms with Gasteiger partial charge in [0, 0.05) is 11.8 Å². The fourth-order valence-corrected chi connectivity index (χ4v) is 2.78. The summed E-state index contributed by atoms with van der Waals surface area (Å²) in [5.74, 6) is -2.84. The smallest absolute Gasteiger partial charge is 0.264 e. The van der Waals surface area contributed by atoms with Crippen LogP contribution in [0.25, 0.3) is 0 Å². The summed E-state index contributed by atoms with van der Waals surface area (Å²) in [4.78, 5) is -0.711. The lowest BCUT2D eigenvalue weighted by Crippen LogP contribution is -2.16. The first-order chi connectivity index (χ1) is 9.70. The van der Waals surface area contributed by atoms with E-state index in [1.54, 1.807) is 0 Å². The predicted octanol–water partition coefficient (Wildman–Crippen LogP) is 2.80. The molecule has 0 amide bonds. The lowest BCUT2D eigenvalue weighted by atomic mass is 10.2. The number of benzene rings is 2. The Morgan fingerprint density at radius 1 is 1.00 bits per heavy atom. The van der Waals surface area contributed by atoms with Crippen molar-refractivity contribution in [2.45, 2.75) is 11.8 Å². The molecule has 0 unspecified atom stereocenters. The SMILES string of the molecule is Cc1cc(F)c(NS(=O)(=O)c2ccc(N)cc2F)cc1F. The number of hydrogen-bond donors (Lipinski definition) is 2. The molecule has 2 aromatic rings. The summed E-state index contributed by atoms with van der Waals surface area (Å²) in [6.07, 6.45) is 0. The zero-order chi connectivity index (χ0) is 15.8. The number of nitrogens with one attached hydrogen (secondary N) is 1. The molecule has 0 aliphatic carbocycles. The number of halogens is 3. The minimum atomic E-state index is -4.40. The van der Waals surface area contributed by atoms with E-state index in [-0.39, 0.29) is 11.3 Å². The molecule has 0 radical (unpaired) electrons. The van der Waals surface area contributed by atoms with Crippen molar-refractivity contribution < 1.29 is 21.6 Å². The van der Waals surface area contributed by atoms with E-state index in [0.717, 1.165) is 18.2 Å². The molecule has 0 bridgehead atoms. The van der Waals surface area contributed by atoms with Gasteiger partial charge in [0.15, 0.2) is 0 Å². The Morgan fingerprint density at radius 2 is 1.67 bits per heavy atom. The molecule has 4 nitrogen and oxygen atoms in total. The average molecular weight is 316 g/mol. The lowest BCUT2D eigenvalue weighted by molar-refractivity contribution is 0.569. The summed E-state index contributed by atoms with van der Waals surface area (Å²) >= 11 is 0. The Kier molecular flexibility index (Phi) is 3.82. The van der Waals surface area contributed by atoms with Crippen LogP contribution in [0.1, 0.15) is 5.56 Å². The quantitative estimate of drug-likeness (QED) is 0.855. The second-order valence-corrected chi connectivity index (χ2v) is 6.03. The molecule has 8 heteroatoms. The average Bonchev–Trinajstić information content (AvgIpc) is 2.35. The van der Waals surface area contributed by atoms with Gasteiger partial charge < -0.3 is 5.73 Å². The maximum absolute atomic E-state index is 13.6. The van der Waals surface area contributed by atoms with Crippen molar-refractivity contribution in [2.75, 3.05) is 10.5 Å². The topological polar surface area (TPSA) is 72.2 Å². The van der Waals surface area contributed by atoms with Crippen LogP contribution >= 0.6 is 0 Å². The number of sulfonamides is 1. The minimum Gasteiger partial charge on any atom is -0.399 e. The predicted molar refractivity (Wildman–Crippen MR) is 72.7 cm³/mol. The highest BCUT2D eigenvalue weighted by Crippen LogP contribution is 2.24. The maximum Gasteiger partial charge on any atom is 0.264 e. The van der Waals surface area contributed by atoms with E-state index >= 15 is 0 Å². The van der Waals surface area contributed by atoms with E-state index in [1.807, 2.05) is 4.72 Å². The molecule has 0 saturated heterocycles. The summed E-state index contributed by atoms with van der Waals surface area (Å²) in [7, 11) is -4.40. The molecule has 0 aromatic heterocycles. The van der Waals surface area contributed by atoms with Crippen molar-refractivity contribution in [3.8, 4) is 0 Å². The largest absolute Gasteiger partial charge is 0.399 e. The summed E-state index contributed by atoms with van der Waals surface area (Å²) in [6.45, 7) is 1.33. The molecule has 0 aliphatic heterocycles. The third-order valence-electron chi connectivity index (χ3n) is 2.74. The molecule has 0 fully saturated rings. The molecule has 3 N–H and O–H groups in total. The number of hydrogen-bond acceptors (Lipinski definition) is 3. The monoisotopic (exact) mass is 316 g/mol. The highest BCUT2D eigenvalue weighted by molar-refractivity contribution is 7.92. The van der Waals surface area contributed by atoms with Crippen molar-refractivity contribution in [1.82, 2.24) is 0 Å². The second-order valence-electron chi connectivity index (χ2n) is 4.38. The lowest BCUT2D eigenvalue weighted by Gasteiger charge is -2.11. The van der Waals surface area contributed by atoms with Gasteiger partial charge in [0.05, 0.1) is 5.69 Å². The molecule has 0 spiro atoms. The van der Waals surface area contributed by atoms with E-state index in [9.17, 15) is 21.6 Å². The van der Waals surface area contributed by atoms with Crippen LogP contribution < -0.4 is 10.5 Å². The van der Waals surface area contributed by atoms with Gasteiger partial charge in [0.1, 0.15) is 22.3 Å². The number of nitrogen functional groups attached to an aromatic ring is 1. The normalized spacial score (nSPS) is 11.4. The maximum atomic E-state index is 13.6. The van der Waals surface area contributed by atoms with Gasteiger partial charge in [0.25, 0.3) is 10.0 Å². The first-order valence-corrected chi connectivity index (χ1v) is 7.22. The second kappa shape index (κ2) is 5.28. The third kappa shape index (κ3) is 3.10. The standard InChI is InChI=1S/C13H11F3N2O2S/c1-7-4-10(15)12(6-9(7)14)18-21(19,20)13-3-2-8(17)5-11(13)16/h2-6,18H,17H2,1H3. The fraction of sp³-hybridized carbons (Fsp3) is 0.0769. The van der Waals surface area contributed by atoms with Gasteiger partial charge in [-0.3, -0.25) is 4.72 Å². The number of nitrogens with two attached hydrogens (primary N) is 1. The van der Waals surface area contributed by atoms with Crippen LogP contribution in [-0.2, 0) is 10.0 Å². The van der Waals surface area contributed by atoms with E-state index in [1.165, 1.54) is 13.0 Å². The molecule has 2 rings (SSSR count). The van der Waals surface area contributed by atoms with Crippen molar-refractivity contribution in [1.29, 1.82) is 0 Å². The molecule has 0 saturated carbocycles. The van der Waals surface area contributed by atoms with Crippen LogP contribution in [-0.4, -0.2) is 8.42 Å². The van der Waals surface area contributed by atoms with E-state index in [2.05, 4.69) is 0 Å². The fourth-order valence-electron chi connectivity index (χ4n) is 1.66. The van der Waals surface area contributed by atoms with Gasteiger partial charge in [-0.1, -0.05) is 0 Å². The van der Waals surface area contributed by atoms with E-state index in [4.69, 9.17) is 5.73 Å². The van der Waals surface area contributed by atoms with Gasteiger partial charge in [-0.05, 0) is 36.8 Å². The van der Waals surface area contributed by atoms with E-state index < -0.39 is 38.1 Å². The molecule has 2 aromatic carbocycles. The Bertz CT molecular complexity index is 807. The van der Waals surface area contributed by atoms with E-state index in [0.29, 0.717) is 6.07 Å². The van der Waals surface area contributed by atoms with Crippen LogP contribution in [0.5, 0.6) is 0 Å². The van der Waals surface area contributed by atoms with Crippen LogP contribution in [0, 0.1) is 24.4 Å².